The van der Waals surface area contributed by atoms with E-state index in [1.165, 1.54) is 5.57 Å². The van der Waals surface area contributed by atoms with Crippen molar-refractivity contribution in [3.8, 4) is 0 Å². The monoisotopic (exact) mass is 151 g/mol. The minimum Gasteiger partial charge on any atom is -0.269 e. The lowest BCUT2D eigenvalue weighted by Gasteiger charge is -2.02. The number of nitrogens with zero attached hydrogens (tertiary/aromatic N) is 1. The Morgan fingerprint density at radius 3 is 2.27 bits per heavy atom. The van der Waals surface area contributed by atoms with E-state index in [-0.39, 0.29) is 0 Å². The second-order valence-electron chi connectivity index (χ2n) is 2.69. The summed E-state index contributed by atoms with van der Waals surface area (Å²) in [5.41, 5.74) is 1.27. The fraction of sp³-hybridized carbons (Fsp3) is 0.500. The Hall–Kier alpha value is -0.850. The van der Waals surface area contributed by atoms with Crippen molar-refractivity contribution < 1.29 is 0 Å². The highest BCUT2D eigenvalue weighted by atomic mass is 14.7. The molecule has 0 spiro atoms. The van der Waals surface area contributed by atoms with Crippen molar-refractivity contribution in [1.82, 2.24) is 0 Å². The van der Waals surface area contributed by atoms with E-state index in [0.29, 0.717) is 5.92 Å². The molecule has 0 radical (unpaired) electrons. The van der Waals surface area contributed by atoms with Gasteiger partial charge in [0.25, 0.3) is 0 Å². The Bertz CT molecular complexity index is 173. The molecule has 0 aliphatic carbocycles. The second kappa shape index (κ2) is 5.90. The third-order valence-corrected chi connectivity index (χ3v) is 1.40. The van der Waals surface area contributed by atoms with Crippen molar-refractivity contribution in [2.75, 3.05) is 0 Å². The van der Waals surface area contributed by atoms with Crippen molar-refractivity contribution in [2.24, 2.45) is 10.9 Å². The van der Waals surface area contributed by atoms with E-state index in [9.17, 15) is 0 Å². The van der Waals surface area contributed by atoms with Crippen LogP contribution in [0.15, 0.2) is 28.9 Å². The van der Waals surface area contributed by atoms with Crippen LogP contribution in [-0.2, 0) is 0 Å². The number of hydrogen-bond donors (Lipinski definition) is 0. The maximum absolute atomic E-state index is 4.07. The van der Waals surface area contributed by atoms with E-state index in [1.807, 2.05) is 26.1 Å². The summed E-state index contributed by atoms with van der Waals surface area (Å²) < 4.78 is 0. The third-order valence-electron chi connectivity index (χ3n) is 1.40. The average molecular weight is 151 g/mol. The van der Waals surface area contributed by atoms with E-state index >= 15 is 0 Å². The Balaban J connectivity index is 4.32. The van der Waals surface area contributed by atoms with Gasteiger partial charge in [-0.2, -0.15) is 0 Å². The highest BCUT2D eigenvalue weighted by molar-refractivity contribution is 5.54. The van der Waals surface area contributed by atoms with Crippen LogP contribution < -0.4 is 0 Å². The molecule has 0 fully saturated rings. The molecule has 0 aromatic carbocycles. The summed E-state index contributed by atoms with van der Waals surface area (Å²) in [6.45, 7) is 8.27. The van der Waals surface area contributed by atoms with Crippen molar-refractivity contribution in [3.63, 3.8) is 0 Å². The Kier molecular flexibility index (Phi) is 5.44. The van der Waals surface area contributed by atoms with Crippen LogP contribution in [-0.4, -0.2) is 6.21 Å². The summed E-state index contributed by atoms with van der Waals surface area (Å²) in [5, 5.41) is 0. The molecule has 62 valence electrons. The van der Waals surface area contributed by atoms with Gasteiger partial charge in [0.05, 0.1) is 0 Å². The van der Waals surface area contributed by atoms with Crippen molar-refractivity contribution in [1.29, 1.82) is 0 Å². The fourth-order valence-corrected chi connectivity index (χ4v) is 0.738. The minimum atomic E-state index is 0.551. The van der Waals surface area contributed by atoms with Crippen LogP contribution in [0.4, 0.5) is 0 Å². The van der Waals surface area contributed by atoms with E-state index in [1.54, 1.807) is 6.21 Å². The first-order valence-corrected chi connectivity index (χ1v) is 4.03. The van der Waals surface area contributed by atoms with Gasteiger partial charge in [-0.05, 0) is 25.3 Å². The first kappa shape index (κ1) is 10.2. The van der Waals surface area contributed by atoms with E-state index < -0.39 is 0 Å². The zero-order chi connectivity index (χ0) is 8.69. The topological polar surface area (TPSA) is 12.4 Å². The van der Waals surface area contributed by atoms with Crippen LogP contribution in [0.2, 0.25) is 0 Å². The second-order valence-corrected chi connectivity index (χ2v) is 2.69. The summed E-state index contributed by atoms with van der Waals surface area (Å²) in [6, 6.07) is 0. The molecule has 0 amide bonds. The van der Waals surface area contributed by atoms with Gasteiger partial charge in [0.1, 0.15) is 0 Å². The predicted octanol–water partition coefficient (Wildman–Crippen LogP) is 3.19. The quantitative estimate of drug-likeness (QED) is 0.434. The number of hydrogen-bond acceptors (Lipinski definition) is 1. The molecular formula is C10H17N. The molecule has 11 heavy (non-hydrogen) atoms. The molecule has 0 unspecified atom stereocenters. The first-order chi connectivity index (χ1) is 5.22. The largest absolute Gasteiger partial charge is 0.269 e. The number of rotatable bonds is 3. The summed E-state index contributed by atoms with van der Waals surface area (Å²) in [4.78, 5) is 4.07. The van der Waals surface area contributed by atoms with E-state index in [4.69, 9.17) is 0 Å². The van der Waals surface area contributed by atoms with Crippen LogP contribution in [0.5, 0.6) is 0 Å². The van der Waals surface area contributed by atoms with Crippen LogP contribution in [0, 0.1) is 5.92 Å². The lowest BCUT2D eigenvalue weighted by atomic mass is 10.0. The molecule has 0 aliphatic rings. The summed E-state index contributed by atoms with van der Waals surface area (Å²) >= 11 is 0. The van der Waals surface area contributed by atoms with Crippen molar-refractivity contribution in [2.45, 2.75) is 27.7 Å². The molecule has 0 rings (SSSR count). The van der Waals surface area contributed by atoms with Gasteiger partial charge in [-0.25, -0.2) is 0 Å². The van der Waals surface area contributed by atoms with E-state index in [0.717, 1.165) is 0 Å². The molecule has 0 aromatic heterocycles. The third kappa shape index (κ3) is 4.54. The Labute approximate surface area is 69.5 Å². The zero-order valence-corrected chi connectivity index (χ0v) is 7.83. The standard InChI is InChI=1S/C10H17N/c1-5-7-10(9(3)4)8-11-6-2/h5-9H,1-4H3/b7-5-,10-8+,11-6?. The minimum absolute atomic E-state index is 0.551. The fourth-order valence-electron chi connectivity index (χ4n) is 0.738. The van der Waals surface area contributed by atoms with Crippen LogP contribution in [0.25, 0.3) is 0 Å². The van der Waals surface area contributed by atoms with Gasteiger partial charge in [0.15, 0.2) is 0 Å². The van der Waals surface area contributed by atoms with Crippen LogP contribution in [0.1, 0.15) is 27.7 Å². The van der Waals surface area contributed by atoms with Gasteiger partial charge in [-0.15, -0.1) is 0 Å². The predicted molar refractivity (Wildman–Crippen MR) is 51.9 cm³/mol. The molecule has 0 N–H and O–H groups in total. The first-order valence-electron chi connectivity index (χ1n) is 4.03. The van der Waals surface area contributed by atoms with Crippen molar-refractivity contribution in [3.05, 3.63) is 23.9 Å². The molecule has 0 bridgehead atoms. The van der Waals surface area contributed by atoms with Gasteiger partial charge in [-0.3, -0.25) is 4.99 Å². The molecular weight excluding hydrogens is 134 g/mol. The van der Waals surface area contributed by atoms with Gasteiger partial charge in [0.2, 0.25) is 0 Å². The maximum Gasteiger partial charge on any atom is 0.0298 e. The smallest absolute Gasteiger partial charge is 0.0298 e. The summed E-state index contributed by atoms with van der Waals surface area (Å²) in [5.74, 6) is 0.551. The van der Waals surface area contributed by atoms with Crippen LogP contribution in [0.3, 0.4) is 0 Å². The molecule has 0 aliphatic heterocycles. The Morgan fingerprint density at radius 1 is 1.27 bits per heavy atom. The van der Waals surface area contributed by atoms with Gasteiger partial charge in [-0.1, -0.05) is 26.0 Å². The summed E-state index contributed by atoms with van der Waals surface area (Å²) in [7, 11) is 0. The van der Waals surface area contributed by atoms with Crippen molar-refractivity contribution >= 4 is 6.21 Å². The number of allylic oxidation sites excluding steroid dienone is 3. The molecule has 1 nitrogen and oxygen atoms in total. The Morgan fingerprint density at radius 2 is 1.91 bits per heavy atom. The molecule has 0 saturated heterocycles. The van der Waals surface area contributed by atoms with Crippen LogP contribution >= 0.6 is 0 Å². The zero-order valence-electron chi connectivity index (χ0n) is 7.83. The maximum atomic E-state index is 4.07. The molecule has 0 atom stereocenters. The lowest BCUT2D eigenvalue weighted by molar-refractivity contribution is 0.788. The molecule has 0 heterocycles. The summed E-state index contributed by atoms with van der Waals surface area (Å²) in [6.07, 6.45) is 7.84. The average Bonchev–Trinajstić information content (AvgIpc) is 1.97. The van der Waals surface area contributed by atoms with Gasteiger partial charge >= 0.3 is 0 Å². The normalized spacial score (nSPS) is 14.1. The van der Waals surface area contributed by atoms with Gasteiger partial charge in [0, 0.05) is 12.4 Å². The van der Waals surface area contributed by atoms with E-state index in [2.05, 4.69) is 24.9 Å². The highest BCUT2D eigenvalue weighted by Crippen LogP contribution is 2.10. The molecule has 0 aromatic rings. The highest BCUT2D eigenvalue weighted by Gasteiger charge is 1.96. The molecule has 1 heteroatoms. The molecule has 0 saturated carbocycles. The number of aliphatic imine (C=N–C) groups is 1. The van der Waals surface area contributed by atoms with Gasteiger partial charge < -0.3 is 0 Å². The SMILES string of the molecule is CC=N/C=C(\C=C/C)C(C)C. The lowest BCUT2D eigenvalue weighted by Crippen LogP contribution is -1.89.